The summed E-state index contributed by atoms with van der Waals surface area (Å²) in [6.45, 7) is 1.76. The number of amides is 1. The molecule has 188 valence electrons. The molecule has 1 aliphatic rings. The fraction of sp³-hybridized carbons (Fsp3) is 0.200. The third-order valence-corrected chi connectivity index (χ3v) is 7.42. The first-order chi connectivity index (χ1) is 17.1. The third kappa shape index (κ3) is 4.74. The van der Waals surface area contributed by atoms with Crippen LogP contribution in [0.15, 0.2) is 59.5 Å². The normalized spacial score (nSPS) is 12.7. The number of ether oxygens (including phenoxy) is 2. The molecule has 0 unspecified atom stereocenters. The van der Waals surface area contributed by atoms with Gasteiger partial charge in [0.2, 0.25) is 0 Å². The molecule has 0 radical (unpaired) electrons. The second-order valence-electron chi connectivity index (χ2n) is 7.83. The maximum absolute atomic E-state index is 14.4. The summed E-state index contributed by atoms with van der Waals surface area (Å²) in [5.41, 5.74) is 0.676. The molecule has 1 amide bonds. The van der Waals surface area contributed by atoms with Gasteiger partial charge in [0, 0.05) is 23.4 Å². The number of benzene rings is 3. The van der Waals surface area contributed by atoms with Gasteiger partial charge in [-0.05, 0) is 61.9 Å². The van der Waals surface area contributed by atoms with E-state index >= 15 is 0 Å². The number of hydrogen-bond donors (Lipinski definition) is 1. The minimum atomic E-state index is -4.11. The Labute approximate surface area is 206 Å². The van der Waals surface area contributed by atoms with Gasteiger partial charge in [-0.2, -0.15) is 0 Å². The van der Waals surface area contributed by atoms with Crippen LogP contribution in [0, 0.1) is 11.6 Å². The van der Waals surface area contributed by atoms with Crippen LogP contribution in [0.3, 0.4) is 0 Å². The van der Waals surface area contributed by atoms with E-state index in [1.807, 2.05) is 0 Å². The van der Waals surface area contributed by atoms with Gasteiger partial charge in [-0.3, -0.25) is 9.10 Å². The second kappa shape index (κ2) is 9.94. The predicted octanol–water partition coefficient (Wildman–Crippen LogP) is 4.15. The van der Waals surface area contributed by atoms with Crippen molar-refractivity contribution >= 4 is 33.3 Å². The number of halogens is 2. The first kappa shape index (κ1) is 25.1. The highest BCUT2D eigenvalue weighted by molar-refractivity contribution is 7.92. The molecular weight excluding hydrogens is 494 g/mol. The van der Waals surface area contributed by atoms with E-state index in [1.54, 1.807) is 6.92 Å². The molecule has 0 aliphatic carbocycles. The van der Waals surface area contributed by atoms with Gasteiger partial charge < -0.3 is 14.8 Å². The lowest BCUT2D eigenvalue weighted by Crippen LogP contribution is -2.29. The smallest absolute Gasteiger partial charge is 0.341 e. The summed E-state index contributed by atoms with van der Waals surface area (Å²) in [5.74, 6) is -2.74. The number of sulfonamides is 1. The topological polar surface area (TPSA) is 102 Å². The van der Waals surface area contributed by atoms with Crippen LogP contribution in [0.1, 0.15) is 33.2 Å². The van der Waals surface area contributed by atoms with Gasteiger partial charge in [0.25, 0.3) is 15.9 Å². The molecule has 4 rings (SSSR count). The van der Waals surface area contributed by atoms with E-state index in [0.717, 1.165) is 22.5 Å². The SMILES string of the molecule is CCOC(=O)c1ccc(NC(=O)c2cc(OC)c3c(c2)N(S(=O)(=O)c2cccc(F)c2)CC3)cc1F. The van der Waals surface area contributed by atoms with E-state index in [2.05, 4.69) is 5.32 Å². The van der Waals surface area contributed by atoms with Gasteiger partial charge in [0.15, 0.2) is 0 Å². The number of hydrogen-bond acceptors (Lipinski definition) is 6. The number of nitrogens with one attached hydrogen (secondary N) is 1. The zero-order valence-corrected chi connectivity index (χ0v) is 20.2. The quantitative estimate of drug-likeness (QED) is 0.474. The summed E-state index contributed by atoms with van der Waals surface area (Å²) in [4.78, 5) is 24.6. The van der Waals surface area contributed by atoms with Crippen molar-refractivity contribution in [3.8, 4) is 5.75 Å². The Morgan fingerprint density at radius 3 is 2.53 bits per heavy atom. The van der Waals surface area contributed by atoms with Crippen LogP contribution in [-0.4, -0.2) is 40.6 Å². The Morgan fingerprint density at radius 2 is 1.86 bits per heavy atom. The molecule has 0 saturated heterocycles. The standard InChI is InChI=1S/C25H22F2N2O6S/c1-3-35-25(31)19-8-7-17(14-21(19)27)28-24(30)15-11-22-20(23(12-15)34-2)9-10-29(22)36(32,33)18-6-4-5-16(26)13-18/h4-8,11-14H,3,9-10H2,1-2H3,(H,28,30). The highest BCUT2D eigenvalue weighted by Crippen LogP contribution is 2.39. The largest absolute Gasteiger partial charge is 0.496 e. The lowest BCUT2D eigenvalue weighted by molar-refractivity contribution is 0.0521. The zero-order chi connectivity index (χ0) is 26.0. The van der Waals surface area contributed by atoms with Crippen LogP contribution < -0.4 is 14.4 Å². The van der Waals surface area contributed by atoms with Crippen LogP contribution in [0.4, 0.5) is 20.2 Å². The van der Waals surface area contributed by atoms with Crippen LogP contribution in [-0.2, 0) is 21.2 Å². The Bertz CT molecular complexity index is 1460. The molecule has 0 bridgehead atoms. The van der Waals surface area contributed by atoms with Crippen LogP contribution in [0.5, 0.6) is 5.75 Å². The highest BCUT2D eigenvalue weighted by atomic mass is 32.2. The first-order valence-corrected chi connectivity index (χ1v) is 12.4. The van der Waals surface area contributed by atoms with Gasteiger partial charge in [0.05, 0.1) is 29.9 Å². The van der Waals surface area contributed by atoms with Gasteiger partial charge in [-0.25, -0.2) is 22.0 Å². The van der Waals surface area contributed by atoms with E-state index in [-0.39, 0.29) is 40.5 Å². The summed E-state index contributed by atoms with van der Waals surface area (Å²) >= 11 is 0. The molecular formula is C25H22F2N2O6S. The Hall–Kier alpha value is -3.99. The number of carbonyl (C=O) groups is 2. The van der Waals surface area contributed by atoms with Crippen LogP contribution in [0.2, 0.25) is 0 Å². The summed E-state index contributed by atoms with van der Waals surface area (Å²) in [6.07, 6.45) is 0.329. The summed E-state index contributed by atoms with van der Waals surface area (Å²) < 4.78 is 65.8. The molecule has 1 heterocycles. The second-order valence-corrected chi connectivity index (χ2v) is 9.69. The van der Waals surface area contributed by atoms with E-state index in [9.17, 15) is 26.8 Å². The average Bonchev–Trinajstić information content (AvgIpc) is 3.28. The van der Waals surface area contributed by atoms with Crippen molar-refractivity contribution in [1.82, 2.24) is 0 Å². The molecule has 0 aromatic heterocycles. The molecule has 1 aliphatic heterocycles. The van der Waals surface area contributed by atoms with E-state index in [0.29, 0.717) is 17.7 Å². The Kier molecular flexibility index (Phi) is 6.93. The summed E-state index contributed by atoms with van der Waals surface area (Å²) in [5, 5.41) is 2.53. The lowest BCUT2D eigenvalue weighted by Gasteiger charge is -2.21. The monoisotopic (exact) mass is 516 g/mol. The number of methoxy groups -OCH3 is 1. The maximum atomic E-state index is 14.4. The van der Waals surface area contributed by atoms with Crippen molar-refractivity contribution < 1.29 is 36.3 Å². The third-order valence-electron chi connectivity index (χ3n) is 5.61. The van der Waals surface area contributed by atoms with E-state index < -0.39 is 33.5 Å². The number of nitrogens with zero attached hydrogens (tertiary/aromatic N) is 1. The van der Waals surface area contributed by atoms with Gasteiger partial charge in [-0.1, -0.05) is 6.07 Å². The molecule has 0 atom stereocenters. The molecule has 3 aromatic carbocycles. The number of fused-ring (bicyclic) bond motifs is 1. The summed E-state index contributed by atoms with van der Waals surface area (Å²) in [7, 11) is -2.72. The molecule has 36 heavy (non-hydrogen) atoms. The first-order valence-electron chi connectivity index (χ1n) is 10.9. The lowest BCUT2D eigenvalue weighted by atomic mass is 10.1. The Morgan fingerprint density at radius 1 is 1.08 bits per heavy atom. The fourth-order valence-electron chi connectivity index (χ4n) is 3.93. The zero-order valence-electron chi connectivity index (χ0n) is 19.4. The van der Waals surface area contributed by atoms with E-state index in [4.69, 9.17) is 9.47 Å². The molecule has 0 saturated carbocycles. The minimum Gasteiger partial charge on any atom is -0.496 e. The highest BCUT2D eigenvalue weighted by Gasteiger charge is 2.34. The van der Waals surface area contributed by atoms with Crippen molar-refractivity contribution in [3.63, 3.8) is 0 Å². The maximum Gasteiger partial charge on any atom is 0.341 e. The molecule has 1 N–H and O–H groups in total. The minimum absolute atomic E-state index is 0.0572. The van der Waals surface area contributed by atoms with Gasteiger partial charge in [-0.15, -0.1) is 0 Å². The van der Waals surface area contributed by atoms with Crippen molar-refractivity contribution in [1.29, 1.82) is 0 Å². The van der Waals surface area contributed by atoms with E-state index in [1.165, 1.54) is 43.5 Å². The predicted molar refractivity (Wildman–Crippen MR) is 128 cm³/mol. The molecule has 0 spiro atoms. The van der Waals surface area contributed by atoms with Crippen molar-refractivity contribution in [2.24, 2.45) is 0 Å². The average molecular weight is 517 g/mol. The van der Waals surface area contributed by atoms with Gasteiger partial charge in [0.1, 0.15) is 17.4 Å². The van der Waals surface area contributed by atoms with Crippen molar-refractivity contribution in [2.45, 2.75) is 18.2 Å². The number of rotatable bonds is 7. The number of carbonyl (C=O) groups excluding carboxylic acids is 2. The molecule has 11 heteroatoms. The molecule has 8 nitrogen and oxygen atoms in total. The number of anilines is 2. The summed E-state index contributed by atoms with van der Waals surface area (Å²) in [6, 6.07) is 11.0. The van der Waals surface area contributed by atoms with Crippen LogP contribution >= 0.6 is 0 Å². The van der Waals surface area contributed by atoms with Crippen molar-refractivity contribution in [3.05, 3.63) is 82.9 Å². The fourth-order valence-corrected chi connectivity index (χ4v) is 5.45. The molecule has 3 aromatic rings. The Balaban J connectivity index is 1.65. The van der Waals surface area contributed by atoms with Crippen molar-refractivity contribution in [2.75, 3.05) is 29.9 Å². The molecule has 0 fully saturated rings. The van der Waals surface area contributed by atoms with Gasteiger partial charge >= 0.3 is 5.97 Å². The number of esters is 1. The van der Waals surface area contributed by atoms with Crippen LogP contribution in [0.25, 0.3) is 0 Å².